The summed E-state index contributed by atoms with van der Waals surface area (Å²) in [7, 11) is -3.92. The molecule has 0 bridgehead atoms. The summed E-state index contributed by atoms with van der Waals surface area (Å²) in [6.45, 7) is 1.94. The van der Waals surface area contributed by atoms with Crippen molar-refractivity contribution in [1.82, 2.24) is 9.62 Å². The van der Waals surface area contributed by atoms with E-state index in [4.69, 9.17) is 0 Å². The number of sulfonamides is 1. The summed E-state index contributed by atoms with van der Waals surface area (Å²) >= 11 is 0. The van der Waals surface area contributed by atoms with Crippen molar-refractivity contribution in [3.05, 3.63) is 101 Å². The van der Waals surface area contributed by atoms with Gasteiger partial charge in [-0.25, -0.2) is 17.2 Å². The van der Waals surface area contributed by atoms with E-state index >= 15 is 0 Å². The Morgan fingerprint density at radius 1 is 0.919 bits per heavy atom. The highest BCUT2D eigenvalue weighted by atomic mass is 32.2. The first-order valence-corrected chi connectivity index (χ1v) is 14.0. The van der Waals surface area contributed by atoms with E-state index in [1.165, 1.54) is 28.6 Å². The van der Waals surface area contributed by atoms with E-state index in [2.05, 4.69) is 5.32 Å². The van der Waals surface area contributed by atoms with Crippen molar-refractivity contribution in [2.75, 3.05) is 6.54 Å². The van der Waals surface area contributed by atoms with Gasteiger partial charge in [0, 0.05) is 24.7 Å². The number of carbonyl (C=O) groups is 1. The Labute approximate surface area is 217 Å². The molecule has 5 nitrogen and oxygen atoms in total. The summed E-state index contributed by atoms with van der Waals surface area (Å²) < 4.78 is 56.5. The molecule has 1 amide bonds. The predicted molar refractivity (Wildman–Crippen MR) is 139 cm³/mol. The summed E-state index contributed by atoms with van der Waals surface area (Å²) in [5.74, 6) is -2.02. The Morgan fingerprint density at radius 3 is 2.27 bits per heavy atom. The molecule has 0 heterocycles. The van der Waals surface area contributed by atoms with E-state index in [1.807, 2.05) is 31.2 Å². The molecule has 3 aromatic carbocycles. The predicted octanol–water partition coefficient (Wildman–Crippen LogP) is 5.38. The quantitative estimate of drug-likeness (QED) is 0.407. The van der Waals surface area contributed by atoms with Crippen LogP contribution in [-0.4, -0.2) is 31.2 Å². The number of nitrogens with zero attached hydrogens (tertiary/aromatic N) is 1. The first kappa shape index (κ1) is 26.9. The molecule has 0 aromatic heterocycles. The van der Waals surface area contributed by atoms with Crippen LogP contribution in [0.4, 0.5) is 8.78 Å². The van der Waals surface area contributed by atoms with Gasteiger partial charge in [-0.15, -0.1) is 0 Å². The van der Waals surface area contributed by atoms with Gasteiger partial charge in [0.25, 0.3) is 0 Å². The number of hydrogen-bond acceptors (Lipinski definition) is 3. The van der Waals surface area contributed by atoms with Gasteiger partial charge in [-0.3, -0.25) is 4.79 Å². The van der Waals surface area contributed by atoms with E-state index in [1.54, 1.807) is 18.2 Å². The van der Waals surface area contributed by atoms with Crippen LogP contribution in [0.1, 0.15) is 42.4 Å². The Kier molecular flexibility index (Phi) is 8.71. The van der Waals surface area contributed by atoms with Gasteiger partial charge in [0.2, 0.25) is 15.9 Å². The van der Waals surface area contributed by atoms with Crippen LogP contribution in [0.3, 0.4) is 0 Å². The zero-order chi connectivity index (χ0) is 26.4. The molecule has 0 aliphatic heterocycles. The number of rotatable bonds is 9. The van der Waals surface area contributed by atoms with Gasteiger partial charge in [-0.05, 0) is 62.3 Å². The number of benzene rings is 3. The summed E-state index contributed by atoms with van der Waals surface area (Å²) in [4.78, 5) is 12.6. The van der Waals surface area contributed by atoms with Crippen LogP contribution in [0.5, 0.6) is 0 Å². The monoisotopic (exact) mass is 526 g/mol. The van der Waals surface area contributed by atoms with Crippen molar-refractivity contribution in [2.24, 2.45) is 5.92 Å². The molecule has 8 heteroatoms. The third-order valence-corrected chi connectivity index (χ3v) is 8.74. The second-order valence-electron chi connectivity index (χ2n) is 9.77. The van der Waals surface area contributed by atoms with E-state index in [9.17, 15) is 22.0 Å². The van der Waals surface area contributed by atoms with E-state index in [-0.39, 0.29) is 41.4 Å². The SMILES string of the molecule is Cc1ccc(CC(=O)NC2CCC(CN(Cc3cccc(F)c3F)S(=O)(=O)c3ccccc3)CC2)cc1. The van der Waals surface area contributed by atoms with Crippen LogP contribution in [0.25, 0.3) is 0 Å². The highest BCUT2D eigenvalue weighted by Crippen LogP contribution is 2.29. The lowest BCUT2D eigenvalue weighted by Gasteiger charge is -2.33. The lowest BCUT2D eigenvalue weighted by atomic mass is 9.86. The molecule has 0 unspecified atom stereocenters. The summed E-state index contributed by atoms with van der Waals surface area (Å²) in [6.07, 6.45) is 3.24. The van der Waals surface area contributed by atoms with Crippen LogP contribution >= 0.6 is 0 Å². The van der Waals surface area contributed by atoms with E-state index < -0.39 is 21.7 Å². The van der Waals surface area contributed by atoms with Crippen molar-refractivity contribution in [3.63, 3.8) is 0 Å². The van der Waals surface area contributed by atoms with Crippen LogP contribution in [0.2, 0.25) is 0 Å². The molecule has 4 rings (SSSR count). The zero-order valence-electron chi connectivity index (χ0n) is 20.9. The molecular weight excluding hydrogens is 494 g/mol. The standard InChI is InChI=1S/C29H32F2N2O3S/c1-21-10-12-22(13-11-21)18-28(34)32-25-16-14-23(15-17-25)19-33(20-24-6-5-9-27(30)29(24)31)37(35,36)26-7-3-2-4-8-26/h2-13,23,25H,14-20H2,1H3,(H,32,34). The first-order valence-electron chi connectivity index (χ1n) is 12.6. The Bertz CT molecular complexity index is 1310. The maximum Gasteiger partial charge on any atom is 0.243 e. The number of carbonyl (C=O) groups excluding carboxylic acids is 1. The van der Waals surface area contributed by atoms with Gasteiger partial charge in [0.15, 0.2) is 11.6 Å². The third kappa shape index (κ3) is 7.02. The van der Waals surface area contributed by atoms with Crippen LogP contribution < -0.4 is 5.32 Å². The van der Waals surface area contributed by atoms with Crippen molar-refractivity contribution in [1.29, 1.82) is 0 Å². The molecule has 1 saturated carbocycles. The highest BCUT2D eigenvalue weighted by Gasteiger charge is 2.31. The van der Waals surface area contributed by atoms with E-state index in [0.29, 0.717) is 6.42 Å². The summed E-state index contributed by atoms with van der Waals surface area (Å²) in [6, 6.07) is 19.7. The van der Waals surface area contributed by atoms with Gasteiger partial charge >= 0.3 is 0 Å². The Balaban J connectivity index is 1.40. The number of amides is 1. The largest absolute Gasteiger partial charge is 0.353 e. The van der Waals surface area contributed by atoms with Gasteiger partial charge < -0.3 is 5.32 Å². The molecule has 196 valence electrons. The lowest BCUT2D eigenvalue weighted by Crippen LogP contribution is -2.41. The van der Waals surface area contributed by atoms with Crippen LogP contribution in [0.15, 0.2) is 77.7 Å². The molecule has 3 aromatic rings. The van der Waals surface area contributed by atoms with Gasteiger partial charge in [-0.1, -0.05) is 60.2 Å². The summed E-state index contributed by atoms with van der Waals surface area (Å²) in [5, 5.41) is 3.10. The second kappa shape index (κ2) is 12.0. The van der Waals surface area contributed by atoms with Gasteiger partial charge in [0.05, 0.1) is 11.3 Å². The topological polar surface area (TPSA) is 66.5 Å². The Hall–Kier alpha value is -3.10. The average Bonchev–Trinajstić information content (AvgIpc) is 2.89. The van der Waals surface area contributed by atoms with Gasteiger partial charge in [0.1, 0.15) is 0 Å². The third-order valence-electron chi connectivity index (χ3n) is 6.92. The fraction of sp³-hybridized carbons (Fsp3) is 0.345. The van der Waals surface area contributed by atoms with E-state index in [0.717, 1.165) is 42.9 Å². The molecule has 1 aliphatic carbocycles. The molecular formula is C29H32F2N2O3S. The maximum atomic E-state index is 14.4. The number of nitrogens with one attached hydrogen (secondary N) is 1. The molecule has 37 heavy (non-hydrogen) atoms. The minimum absolute atomic E-state index is 0.00318. The van der Waals surface area contributed by atoms with Crippen molar-refractivity contribution < 1.29 is 22.0 Å². The highest BCUT2D eigenvalue weighted by molar-refractivity contribution is 7.89. The first-order chi connectivity index (χ1) is 17.7. The lowest BCUT2D eigenvalue weighted by molar-refractivity contribution is -0.121. The van der Waals surface area contributed by atoms with Crippen molar-refractivity contribution in [2.45, 2.75) is 56.5 Å². The fourth-order valence-electron chi connectivity index (χ4n) is 4.80. The Morgan fingerprint density at radius 2 is 1.59 bits per heavy atom. The minimum atomic E-state index is -3.92. The molecule has 1 aliphatic rings. The van der Waals surface area contributed by atoms with Gasteiger partial charge in [-0.2, -0.15) is 4.31 Å². The molecule has 1 fully saturated rings. The maximum absolute atomic E-state index is 14.4. The molecule has 1 N–H and O–H groups in total. The summed E-state index contributed by atoms with van der Waals surface area (Å²) in [5.41, 5.74) is 2.10. The van der Waals surface area contributed by atoms with Crippen molar-refractivity contribution >= 4 is 15.9 Å². The number of aryl methyl sites for hydroxylation is 1. The van der Waals surface area contributed by atoms with Crippen LogP contribution in [0, 0.1) is 24.5 Å². The average molecular weight is 527 g/mol. The molecule has 0 atom stereocenters. The fourth-order valence-corrected chi connectivity index (χ4v) is 6.31. The molecule has 0 saturated heterocycles. The smallest absolute Gasteiger partial charge is 0.243 e. The number of hydrogen-bond donors (Lipinski definition) is 1. The van der Waals surface area contributed by atoms with Crippen LogP contribution in [-0.2, 0) is 27.8 Å². The zero-order valence-corrected chi connectivity index (χ0v) is 21.7. The number of halogens is 2. The minimum Gasteiger partial charge on any atom is -0.353 e. The molecule has 0 radical (unpaired) electrons. The normalized spacial score (nSPS) is 18.1. The second-order valence-corrected chi connectivity index (χ2v) is 11.7. The van der Waals surface area contributed by atoms with Crippen molar-refractivity contribution in [3.8, 4) is 0 Å². The molecule has 0 spiro atoms.